The lowest BCUT2D eigenvalue weighted by Gasteiger charge is -2.59. The highest BCUT2D eigenvalue weighted by molar-refractivity contribution is 5.90. The van der Waals surface area contributed by atoms with Gasteiger partial charge in [-0.05, 0) is 67.3 Å². The van der Waals surface area contributed by atoms with Crippen LogP contribution in [0.3, 0.4) is 0 Å². The molecule has 23 heavy (non-hydrogen) atoms. The van der Waals surface area contributed by atoms with Crippen molar-refractivity contribution >= 4 is 5.97 Å². The number of carbonyl (C=O) groups excluding carboxylic acids is 1. The van der Waals surface area contributed by atoms with Gasteiger partial charge in [-0.15, -0.1) is 0 Å². The second-order valence-corrected chi connectivity index (χ2v) is 8.55. The van der Waals surface area contributed by atoms with E-state index in [-0.39, 0.29) is 22.9 Å². The quantitative estimate of drug-likeness (QED) is 0.631. The maximum absolute atomic E-state index is 11.7. The lowest BCUT2D eigenvalue weighted by molar-refractivity contribution is -0.136. The number of hydrogen-bond donors (Lipinski definition) is 1. The summed E-state index contributed by atoms with van der Waals surface area (Å²) in [7, 11) is 0. The second-order valence-electron chi connectivity index (χ2n) is 8.55. The summed E-state index contributed by atoms with van der Waals surface area (Å²) < 4.78 is 5.02. The SMILES string of the molecule is C=C1CC[C@@H]2C(C)(C)C(O)CC[C@@]2(C)[C@@H]1CCC1=CCOC1=O. The first-order chi connectivity index (χ1) is 10.8. The van der Waals surface area contributed by atoms with Gasteiger partial charge in [0.25, 0.3) is 0 Å². The molecule has 1 heterocycles. The molecule has 0 bridgehead atoms. The van der Waals surface area contributed by atoms with Crippen LogP contribution in [0.4, 0.5) is 0 Å². The van der Waals surface area contributed by atoms with Crippen LogP contribution in [0, 0.1) is 22.7 Å². The van der Waals surface area contributed by atoms with Gasteiger partial charge in [0.15, 0.2) is 0 Å². The van der Waals surface area contributed by atoms with Gasteiger partial charge in [0, 0.05) is 5.57 Å². The Hall–Kier alpha value is -1.09. The molecular formula is C20H30O3. The van der Waals surface area contributed by atoms with Crippen molar-refractivity contribution in [2.45, 2.75) is 65.4 Å². The van der Waals surface area contributed by atoms with Crippen molar-refractivity contribution in [1.29, 1.82) is 0 Å². The van der Waals surface area contributed by atoms with Gasteiger partial charge in [-0.3, -0.25) is 0 Å². The lowest BCUT2D eigenvalue weighted by Crippen LogP contribution is -2.54. The number of aliphatic hydroxyl groups excluding tert-OH is 1. The molecule has 128 valence electrons. The largest absolute Gasteiger partial charge is 0.458 e. The average Bonchev–Trinajstić information content (AvgIpc) is 2.88. The van der Waals surface area contributed by atoms with Crippen LogP contribution in [-0.4, -0.2) is 23.8 Å². The minimum Gasteiger partial charge on any atom is -0.458 e. The molecule has 1 unspecified atom stereocenters. The van der Waals surface area contributed by atoms with Crippen LogP contribution in [-0.2, 0) is 9.53 Å². The highest BCUT2D eigenvalue weighted by atomic mass is 16.5. The molecule has 2 aliphatic carbocycles. The molecule has 4 atom stereocenters. The number of rotatable bonds is 3. The fourth-order valence-electron chi connectivity index (χ4n) is 5.60. The molecule has 3 heteroatoms. The third-order valence-electron chi connectivity index (χ3n) is 7.06. The number of aliphatic hydroxyl groups is 1. The molecule has 1 N–H and O–H groups in total. The highest BCUT2D eigenvalue weighted by Gasteiger charge is 2.55. The van der Waals surface area contributed by atoms with E-state index < -0.39 is 0 Å². The summed E-state index contributed by atoms with van der Waals surface area (Å²) in [4.78, 5) is 11.7. The summed E-state index contributed by atoms with van der Waals surface area (Å²) in [6.07, 6.45) is 7.56. The molecule has 0 aromatic carbocycles. The fourth-order valence-corrected chi connectivity index (χ4v) is 5.60. The minimum absolute atomic E-state index is 0.0441. The van der Waals surface area contributed by atoms with Crippen LogP contribution < -0.4 is 0 Å². The van der Waals surface area contributed by atoms with Crippen molar-refractivity contribution < 1.29 is 14.6 Å². The zero-order valence-corrected chi connectivity index (χ0v) is 14.7. The van der Waals surface area contributed by atoms with Gasteiger partial charge >= 0.3 is 5.97 Å². The normalized spacial score (nSPS) is 39.7. The molecule has 0 radical (unpaired) electrons. The standard InChI is InChI=1S/C20H30O3/c1-13-5-8-16-19(2,3)17(21)9-11-20(16,4)15(13)7-6-14-10-12-23-18(14)22/h10,15-17,21H,1,5-9,11-12H2,2-4H3/t15-,16-,17?,20+/m1/s1. The van der Waals surface area contributed by atoms with Gasteiger partial charge in [-0.1, -0.05) is 32.9 Å². The molecular weight excluding hydrogens is 288 g/mol. The van der Waals surface area contributed by atoms with Gasteiger partial charge in [0.1, 0.15) is 6.61 Å². The average molecular weight is 318 g/mol. The third kappa shape index (κ3) is 2.67. The molecule has 3 aliphatic rings. The first-order valence-electron chi connectivity index (χ1n) is 8.98. The minimum atomic E-state index is -0.208. The van der Waals surface area contributed by atoms with Crippen LogP contribution in [0.25, 0.3) is 0 Å². The highest BCUT2D eigenvalue weighted by Crippen LogP contribution is 2.61. The van der Waals surface area contributed by atoms with Crippen molar-refractivity contribution in [3.05, 3.63) is 23.8 Å². The summed E-state index contributed by atoms with van der Waals surface area (Å²) in [6, 6.07) is 0. The number of carbonyl (C=O) groups is 1. The molecule has 0 aromatic rings. The Labute approximate surface area is 139 Å². The van der Waals surface area contributed by atoms with Gasteiger partial charge < -0.3 is 9.84 Å². The van der Waals surface area contributed by atoms with E-state index in [9.17, 15) is 9.90 Å². The number of allylic oxidation sites excluding steroid dienone is 1. The van der Waals surface area contributed by atoms with E-state index >= 15 is 0 Å². The van der Waals surface area contributed by atoms with E-state index in [2.05, 4.69) is 27.4 Å². The number of fused-ring (bicyclic) bond motifs is 1. The monoisotopic (exact) mass is 318 g/mol. The van der Waals surface area contributed by atoms with E-state index in [0.717, 1.165) is 44.1 Å². The van der Waals surface area contributed by atoms with Crippen LogP contribution in [0.5, 0.6) is 0 Å². The zero-order valence-electron chi connectivity index (χ0n) is 14.7. The van der Waals surface area contributed by atoms with E-state index in [1.54, 1.807) is 0 Å². The Balaban J connectivity index is 1.80. The van der Waals surface area contributed by atoms with Crippen molar-refractivity contribution in [2.75, 3.05) is 6.61 Å². The Bertz CT molecular complexity index is 545. The molecule has 3 nitrogen and oxygen atoms in total. The fraction of sp³-hybridized carbons (Fsp3) is 0.750. The number of esters is 1. The predicted molar refractivity (Wildman–Crippen MR) is 90.8 cm³/mol. The molecule has 0 saturated heterocycles. The van der Waals surface area contributed by atoms with Gasteiger partial charge in [-0.25, -0.2) is 4.79 Å². The number of hydrogen-bond acceptors (Lipinski definition) is 3. The topological polar surface area (TPSA) is 46.5 Å². The number of cyclic esters (lactones) is 1. The first-order valence-corrected chi connectivity index (χ1v) is 8.98. The molecule has 0 amide bonds. The maximum Gasteiger partial charge on any atom is 0.334 e. The first kappa shape index (κ1) is 16.8. The van der Waals surface area contributed by atoms with E-state index in [1.165, 1.54) is 5.57 Å². The molecule has 0 spiro atoms. The molecule has 2 saturated carbocycles. The van der Waals surface area contributed by atoms with Crippen LogP contribution >= 0.6 is 0 Å². The molecule has 3 rings (SSSR count). The van der Waals surface area contributed by atoms with Gasteiger partial charge in [0.2, 0.25) is 0 Å². The maximum atomic E-state index is 11.7. The summed E-state index contributed by atoms with van der Waals surface area (Å²) in [5, 5.41) is 10.5. The summed E-state index contributed by atoms with van der Waals surface area (Å²) in [6.45, 7) is 11.6. The van der Waals surface area contributed by atoms with Gasteiger partial charge in [-0.2, -0.15) is 0 Å². The summed E-state index contributed by atoms with van der Waals surface area (Å²) >= 11 is 0. The van der Waals surface area contributed by atoms with E-state index in [1.807, 2.05) is 6.08 Å². The van der Waals surface area contributed by atoms with Crippen LogP contribution in [0.1, 0.15) is 59.3 Å². The Morgan fingerprint density at radius 3 is 2.74 bits per heavy atom. The Kier molecular flexibility index (Phi) is 4.20. The summed E-state index contributed by atoms with van der Waals surface area (Å²) in [5.74, 6) is 0.800. The molecule has 0 aromatic heterocycles. The van der Waals surface area contributed by atoms with Crippen molar-refractivity contribution in [3.63, 3.8) is 0 Å². The van der Waals surface area contributed by atoms with Crippen molar-refractivity contribution in [1.82, 2.24) is 0 Å². The van der Waals surface area contributed by atoms with Crippen molar-refractivity contribution in [2.24, 2.45) is 22.7 Å². The lowest BCUT2D eigenvalue weighted by atomic mass is 9.46. The Morgan fingerprint density at radius 1 is 1.35 bits per heavy atom. The van der Waals surface area contributed by atoms with Gasteiger partial charge in [0.05, 0.1) is 6.10 Å². The predicted octanol–water partition coefficient (Wildman–Crippen LogP) is 4.02. The van der Waals surface area contributed by atoms with Crippen LogP contribution in [0.2, 0.25) is 0 Å². The Morgan fingerprint density at radius 2 is 2.09 bits per heavy atom. The molecule has 2 fully saturated rings. The van der Waals surface area contributed by atoms with Crippen LogP contribution in [0.15, 0.2) is 23.8 Å². The van der Waals surface area contributed by atoms with E-state index in [0.29, 0.717) is 18.4 Å². The van der Waals surface area contributed by atoms with Crippen molar-refractivity contribution in [3.8, 4) is 0 Å². The second kappa shape index (κ2) is 5.77. The molecule has 1 aliphatic heterocycles. The summed E-state index contributed by atoms with van der Waals surface area (Å²) in [5.41, 5.74) is 2.31. The smallest absolute Gasteiger partial charge is 0.334 e. The zero-order chi connectivity index (χ0) is 16.8. The van der Waals surface area contributed by atoms with E-state index in [4.69, 9.17) is 4.74 Å². The third-order valence-corrected chi connectivity index (χ3v) is 7.06. The number of ether oxygens (including phenoxy) is 1.